The molecule has 4 unspecified atom stereocenters. The Bertz CT molecular complexity index is 280. The number of carbonyl (C=O) groups is 2. The molecule has 3 rings (SSSR count). The number of rotatable bonds is 0. The van der Waals surface area contributed by atoms with E-state index < -0.39 is 0 Å². The van der Waals surface area contributed by atoms with Crippen LogP contribution in [0.1, 0.15) is 40.0 Å². The third kappa shape index (κ3) is 1.87. The molecule has 1 heterocycles. The van der Waals surface area contributed by atoms with Crippen LogP contribution in [0.3, 0.4) is 0 Å². The van der Waals surface area contributed by atoms with E-state index in [2.05, 4.69) is 25.5 Å². The molecule has 2 aliphatic carbocycles. The molecule has 1 aliphatic heterocycles. The van der Waals surface area contributed by atoms with Gasteiger partial charge in [-0.25, -0.2) is 0 Å². The van der Waals surface area contributed by atoms with Crippen molar-refractivity contribution < 1.29 is 14.3 Å². The molecule has 0 amide bonds. The van der Waals surface area contributed by atoms with E-state index in [0.29, 0.717) is 11.8 Å². The molecule has 0 radical (unpaired) electrons. The Balaban J connectivity index is 0.000000212. The van der Waals surface area contributed by atoms with Gasteiger partial charge in [-0.2, -0.15) is 0 Å². The van der Waals surface area contributed by atoms with Crippen LogP contribution in [0.2, 0.25) is 0 Å². The van der Waals surface area contributed by atoms with E-state index in [-0.39, 0.29) is 23.8 Å². The molecule has 2 bridgehead atoms. The van der Waals surface area contributed by atoms with E-state index >= 15 is 0 Å². The van der Waals surface area contributed by atoms with Crippen molar-refractivity contribution >= 4 is 11.9 Å². The molecule has 1 saturated heterocycles. The van der Waals surface area contributed by atoms with Crippen LogP contribution in [-0.4, -0.2) is 11.9 Å². The predicted molar refractivity (Wildman–Crippen MR) is 59.4 cm³/mol. The largest absolute Gasteiger partial charge is 0.393 e. The van der Waals surface area contributed by atoms with Gasteiger partial charge in [-0.1, -0.05) is 20.8 Å². The van der Waals surface area contributed by atoms with Gasteiger partial charge in [0.25, 0.3) is 0 Å². The van der Waals surface area contributed by atoms with Crippen LogP contribution >= 0.6 is 0 Å². The SMILES string of the molecule is CC(C)C.O=C1OC(=O)C2C3CCC(C3)C12. The van der Waals surface area contributed by atoms with E-state index in [4.69, 9.17) is 0 Å². The minimum absolute atomic E-state index is 0.0590. The van der Waals surface area contributed by atoms with Gasteiger partial charge in [-0.3, -0.25) is 9.59 Å². The van der Waals surface area contributed by atoms with Crippen molar-refractivity contribution in [3.63, 3.8) is 0 Å². The predicted octanol–water partition coefficient (Wildman–Crippen LogP) is 2.39. The second kappa shape index (κ2) is 4.19. The second-order valence-electron chi connectivity index (χ2n) is 5.86. The van der Waals surface area contributed by atoms with Gasteiger partial charge in [0.15, 0.2) is 0 Å². The van der Waals surface area contributed by atoms with E-state index in [1.54, 1.807) is 0 Å². The van der Waals surface area contributed by atoms with Crippen molar-refractivity contribution in [2.45, 2.75) is 40.0 Å². The smallest absolute Gasteiger partial charge is 0.317 e. The molecule has 90 valence electrons. The van der Waals surface area contributed by atoms with Crippen molar-refractivity contribution in [1.82, 2.24) is 0 Å². The zero-order chi connectivity index (χ0) is 11.9. The van der Waals surface area contributed by atoms with Crippen molar-refractivity contribution in [3.8, 4) is 0 Å². The number of cyclic esters (lactones) is 2. The number of hydrogen-bond donors (Lipinski definition) is 0. The fourth-order valence-corrected chi connectivity index (χ4v) is 3.20. The average molecular weight is 224 g/mol. The van der Waals surface area contributed by atoms with Gasteiger partial charge in [0.05, 0.1) is 11.8 Å². The first-order chi connectivity index (χ1) is 7.50. The summed E-state index contributed by atoms with van der Waals surface area (Å²) in [5.74, 6) is 1.12. The standard InChI is InChI=1S/C9H10O3.C4H10/c10-8-6-4-1-2-5(3-4)7(6)9(11)12-8;1-4(2)3/h4-7H,1-3H2;4H,1-3H3. The fraction of sp³-hybridized carbons (Fsp3) is 0.846. The quantitative estimate of drug-likeness (QED) is 0.468. The topological polar surface area (TPSA) is 43.4 Å². The summed E-state index contributed by atoms with van der Waals surface area (Å²) < 4.78 is 4.63. The lowest BCUT2D eigenvalue weighted by molar-refractivity contribution is -0.154. The third-order valence-corrected chi connectivity index (χ3v) is 3.66. The van der Waals surface area contributed by atoms with Crippen molar-refractivity contribution in [2.75, 3.05) is 0 Å². The Hall–Kier alpha value is -0.860. The van der Waals surface area contributed by atoms with E-state index in [9.17, 15) is 9.59 Å². The molecule has 3 heteroatoms. The number of carbonyl (C=O) groups excluding carboxylic acids is 2. The molecule has 2 saturated carbocycles. The van der Waals surface area contributed by atoms with Crippen LogP contribution in [0, 0.1) is 29.6 Å². The fourth-order valence-electron chi connectivity index (χ4n) is 3.20. The molecule has 16 heavy (non-hydrogen) atoms. The van der Waals surface area contributed by atoms with Gasteiger partial charge in [0, 0.05) is 0 Å². The highest BCUT2D eigenvalue weighted by atomic mass is 16.6. The van der Waals surface area contributed by atoms with E-state index in [0.717, 1.165) is 25.2 Å². The molecule has 0 aromatic heterocycles. The lowest BCUT2D eigenvalue weighted by Crippen LogP contribution is -2.24. The maximum Gasteiger partial charge on any atom is 0.317 e. The minimum Gasteiger partial charge on any atom is -0.393 e. The molecule has 0 aromatic rings. The summed E-state index contributed by atoms with van der Waals surface area (Å²) >= 11 is 0. The van der Waals surface area contributed by atoms with Crippen molar-refractivity contribution in [2.24, 2.45) is 29.6 Å². The van der Waals surface area contributed by atoms with Gasteiger partial charge in [0.2, 0.25) is 0 Å². The summed E-state index contributed by atoms with van der Waals surface area (Å²) in [6, 6.07) is 0. The summed E-state index contributed by atoms with van der Waals surface area (Å²) in [6.07, 6.45) is 3.32. The zero-order valence-corrected chi connectivity index (χ0v) is 10.2. The summed E-state index contributed by atoms with van der Waals surface area (Å²) in [5, 5.41) is 0. The molecule has 3 fully saturated rings. The monoisotopic (exact) mass is 224 g/mol. The maximum atomic E-state index is 11.2. The molecular weight excluding hydrogens is 204 g/mol. The summed E-state index contributed by atoms with van der Waals surface area (Å²) in [4.78, 5) is 22.4. The van der Waals surface area contributed by atoms with Gasteiger partial charge in [-0.05, 0) is 37.0 Å². The number of hydrogen-bond acceptors (Lipinski definition) is 3. The van der Waals surface area contributed by atoms with E-state index in [1.165, 1.54) is 0 Å². The molecule has 3 nitrogen and oxygen atoms in total. The summed E-state index contributed by atoms with van der Waals surface area (Å²) in [5.41, 5.74) is 0. The zero-order valence-electron chi connectivity index (χ0n) is 10.2. The highest BCUT2D eigenvalue weighted by molar-refractivity contribution is 5.97. The normalized spacial score (nSPS) is 39.5. The molecular formula is C13H20O3. The molecule has 0 N–H and O–H groups in total. The van der Waals surface area contributed by atoms with Gasteiger partial charge in [-0.15, -0.1) is 0 Å². The number of ether oxygens (including phenoxy) is 1. The molecule has 0 aromatic carbocycles. The van der Waals surface area contributed by atoms with Gasteiger partial charge >= 0.3 is 11.9 Å². The Labute approximate surface area is 96.5 Å². The van der Waals surface area contributed by atoms with Crippen LogP contribution in [-0.2, 0) is 14.3 Å². The highest BCUT2D eigenvalue weighted by Crippen LogP contribution is 2.55. The van der Waals surface area contributed by atoms with Crippen LogP contribution in [0.25, 0.3) is 0 Å². The first kappa shape index (κ1) is 11.6. The third-order valence-electron chi connectivity index (χ3n) is 3.66. The van der Waals surface area contributed by atoms with Crippen LogP contribution in [0.4, 0.5) is 0 Å². The average Bonchev–Trinajstić information content (AvgIpc) is 2.79. The minimum atomic E-state index is -0.253. The lowest BCUT2D eigenvalue weighted by Gasteiger charge is -2.17. The first-order valence-corrected chi connectivity index (χ1v) is 6.26. The molecule has 0 spiro atoms. The lowest BCUT2D eigenvalue weighted by atomic mass is 9.81. The molecule has 4 atom stereocenters. The number of fused-ring (bicyclic) bond motifs is 5. The summed E-state index contributed by atoms with van der Waals surface area (Å²) in [6.45, 7) is 6.50. The number of esters is 2. The Morgan fingerprint density at radius 3 is 1.75 bits per heavy atom. The second-order valence-corrected chi connectivity index (χ2v) is 5.86. The Kier molecular flexibility index (Phi) is 3.04. The van der Waals surface area contributed by atoms with Gasteiger partial charge in [0.1, 0.15) is 0 Å². The van der Waals surface area contributed by atoms with Crippen LogP contribution in [0.5, 0.6) is 0 Å². The highest BCUT2D eigenvalue weighted by Gasteiger charge is 2.59. The van der Waals surface area contributed by atoms with Crippen molar-refractivity contribution in [3.05, 3.63) is 0 Å². The first-order valence-electron chi connectivity index (χ1n) is 6.26. The summed E-state index contributed by atoms with van der Waals surface area (Å²) in [7, 11) is 0. The van der Waals surface area contributed by atoms with Crippen molar-refractivity contribution in [1.29, 1.82) is 0 Å². The van der Waals surface area contributed by atoms with E-state index in [1.807, 2.05) is 0 Å². The molecule has 3 aliphatic rings. The Morgan fingerprint density at radius 1 is 1.00 bits per heavy atom. The van der Waals surface area contributed by atoms with Crippen LogP contribution in [0.15, 0.2) is 0 Å². The van der Waals surface area contributed by atoms with Crippen LogP contribution < -0.4 is 0 Å². The Morgan fingerprint density at radius 2 is 1.38 bits per heavy atom. The van der Waals surface area contributed by atoms with Gasteiger partial charge < -0.3 is 4.74 Å². The maximum absolute atomic E-state index is 11.2.